The highest BCUT2D eigenvalue weighted by atomic mass is 16.5. The fraction of sp³-hybridized carbons (Fsp3) is 0.273. The highest BCUT2D eigenvalue weighted by Gasteiger charge is 2.05. The second-order valence-electron chi connectivity index (χ2n) is 3.51. The number of fused-ring (bicyclic) bond motifs is 1. The van der Waals surface area contributed by atoms with Crippen molar-refractivity contribution in [1.82, 2.24) is 9.55 Å². The average molecular weight is 219 g/mol. The van der Waals surface area contributed by atoms with Crippen LogP contribution in [-0.2, 0) is 16.1 Å². The number of carbonyl (C=O) groups is 1. The summed E-state index contributed by atoms with van der Waals surface area (Å²) in [4.78, 5) is 15.2. The van der Waals surface area contributed by atoms with Gasteiger partial charge in [-0.2, -0.15) is 0 Å². The third kappa shape index (κ3) is 1.98. The third-order valence-electron chi connectivity index (χ3n) is 2.43. The van der Waals surface area contributed by atoms with E-state index < -0.39 is 0 Å². The van der Waals surface area contributed by atoms with Crippen LogP contribution in [0, 0.1) is 0 Å². The fourth-order valence-electron chi connectivity index (χ4n) is 1.57. The summed E-state index contributed by atoms with van der Waals surface area (Å²) in [5.74, 6) is -0.225. The Hall–Kier alpha value is -2.04. The predicted octanol–water partition coefficient (Wildman–Crippen LogP) is 1.18. The van der Waals surface area contributed by atoms with Gasteiger partial charge in [-0.15, -0.1) is 0 Å². The zero-order valence-electron chi connectivity index (χ0n) is 9.01. The van der Waals surface area contributed by atoms with Gasteiger partial charge in [0.05, 0.1) is 30.9 Å². The van der Waals surface area contributed by atoms with E-state index in [0.29, 0.717) is 18.7 Å². The Kier molecular flexibility index (Phi) is 2.76. The van der Waals surface area contributed by atoms with E-state index >= 15 is 0 Å². The molecule has 0 fully saturated rings. The van der Waals surface area contributed by atoms with Crippen LogP contribution < -0.4 is 5.73 Å². The van der Waals surface area contributed by atoms with Gasteiger partial charge in [0.2, 0.25) is 0 Å². The Morgan fingerprint density at radius 1 is 1.56 bits per heavy atom. The van der Waals surface area contributed by atoms with Crippen molar-refractivity contribution < 1.29 is 9.53 Å². The van der Waals surface area contributed by atoms with E-state index in [-0.39, 0.29) is 5.97 Å². The molecule has 5 heteroatoms. The summed E-state index contributed by atoms with van der Waals surface area (Å²) in [6.45, 7) is 0.563. The van der Waals surface area contributed by atoms with E-state index in [1.54, 1.807) is 6.33 Å². The van der Waals surface area contributed by atoms with Gasteiger partial charge in [0, 0.05) is 12.2 Å². The molecule has 0 unspecified atom stereocenters. The zero-order valence-corrected chi connectivity index (χ0v) is 9.01. The lowest BCUT2D eigenvalue weighted by Crippen LogP contribution is -2.06. The molecule has 0 bridgehead atoms. The largest absolute Gasteiger partial charge is 0.469 e. The number of anilines is 1. The van der Waals surface area contributed by atoms with Crippen LogP contribution in [0.25, 0.3) is 11.0 Å². The van der Waals surface area contributed by atoms with Gasteiger partial charge in [0.15, 0.2) is 0 Å². The number of methoxy groups -OCH3 is 1. The Morgan fingerprint density at radius 2 is 2.38 bits per heavy atom. The highest BCUT2D eigenvalue weighted by molar-refractivity contribution is 5.79. The first-order valence-corrected chi connectivity index (χ1v) is 4.98. The number of ether oxygens (including phenoxy) is 1. The van der Waals surface area contributed by atoms with Crippen molar-refractivity contribution in [3.8, 4) is 0 Å². The maximum atomic E-state index is 11.0. The van der Waals surface area contributed by atoms with Crippen LogP contribution in [0.3, 0.4) is 0 Å². The molecule has 0 amide bonds. The topological polar surface area (TPSA) is 70.1 Å². The molecule has 16 heavy (non-hydrogen) atoms. The predicted molar refractivity (Wildman–Crippen MR) is 60.8 cm³/mol. The molecule has 1 aromatic carbocycles. The van der Waals surface area contributed by atoms with Gasteiger partial charge in [0.25, 0.3) is 0 Å². The smallest absolute Gasteiger partial charge is 0.307 e. The molecule has 5 nitrogen and oxygen atoms in total. The molecule has 0 aliphatic carbocycles. The first-order chi connectivity index (χ1) is 7.70. The number of nitrogen functional groups attached to an aromatic ring is 1. The number of nitrogens with two attached hydrogens (primary N) is 1. The molecule has 0 radical (unpaired) electrons. The monoisotopic (exact) mass is 219 g/mol. The molecule has 1 aromatic heterocycles. The summed E-state index contributed by atoms with van der Waals surface area (Å²) in [7, 11) is 1.38. The summed E-state index contributed by atoms with van der Waals surface area (Å²) in [5.41, 5.74) is 8.15. The van der Waals surface area contributed by atoms with Crippen molar-refractivity contribution >= 4 is 22.7 Å². The van der Waals surface area contributed by atoms with E-state index in [9.17, 15) is 4.79 Å². The summed E-state index contributed by atoms with van der Waals surface area (Å²) in [6, 6.07) is 5.53. The van der Waals surface area contributed by atoms with E-state index in [4.69, 9.17) is 5.73 Å². The molecule has 1 heterocycles. The van der Waals surface area contributed by atoms with Gasteiger partial charge in [-0.25, -0.2) is 4.98 Å². The van der Waals surface area contributed by atoms with E-state index in [1.165, 1.54) is 7.11 Å². The van der Waals surface area contributed by atoms with Gasteiger partial charge < -0.3 is 15.0 Å². The van der Waals surface area contributed by atoms with Crippen LogP contribution in [-0.4, -0.2) is 22.6 Å². The minimum Gasteiger partial charge on any atom is -0.469 e. The van der Waals surface area contributed by atoms with Gasteiger partial charge in [-0.1, -0.05) is 0 Å². The molecular weight excluding hydrogens is 206 g/mol. The van der Waals surface area contributed by atoms with Gasteiger partial charge in [0.1, 0.15) is 0 Å². The summed E-state index contributed by atoms with van der Waals surface area (Å²) in [6.07, 6.45) is 2.04. The van der Waals surface area contributed by atoms with Crippen LogP contribution in [0.5, 0.6) is 0 Å². The number of benzene rings is 1. The highest BCUT2D eigenvalue weighted by Crippen LogP contribution is 2.16. The number of esters is 1. The molecule has 84 valence electrons. The van der Waals surface area contributed by atoms with Crippen LogP contribution in [0.2, 0.25) is 0 Å². The lowest BCUT2D eigenvalue weighted by Gasteiger charge is -2.03. The maximum absolute atomic E-state index is 11.0. The van der Waals surface area contributed by atoms with Gasteiger partial charge >= 0.3 is 5.97 Å². The quantitative estimate of drug-likeness (QED) is 0.621. The van der Waals surface area contributed by atoms with Crippen molar-refractivity contribution in [2.75, 3.05) is 12.8 Å². The Bertz CT molecular complexity index is 519. The summed E-state index contributed by atoms with van der Waals surface area (Å²) >= 11 is 0. The number of hydrogen-bond acceptors (Lipinski definition) is 4. The lowest BCUT2D eigenvalue weighted by molar-refractivity contribution is -0.140. The first kappa shape index (κ1) is 10.5. The molecule has 2 aromatic rings. The molecule has 0 spiro atoms. The molecular formula is C11H13N3O2. The molecule has 2 N–H and O–H groups in total. The van der Waals surface area contributed by atoms with Gasteiger partial charge in [-0.3, -0.25) is 4.79 Å². The Labute approximate surface area is 92.8 Å². The number of aromatic nitrogens is 2. The van der Waals surface area contributed by atoms with Crippen molar-refractivity contribution in [1.29, 1.82) is 0 Å². The number of nitrogens with zero attached hydrogens (tertiary/aromatic N) is 2. The minimum atomic E-state index is -0.225. The maximum Gasteiger partial charge on any atom is 0.307 e. The van der Waals surface area contributed by atoms with Crippen molar-refractivity contribution in [3.63, 3.8) is 0 Å². The van der Waals surface area contributed by atoms with E-state index in [0.717, 1.165) is 11.0 Å². The SMILES string of the molecule is COC(=O)CCn1cnc2cc(N)ccc21. The number of hydrogen-bond donors (Lipinski definition) is 1. The second kappa shape index (κ2) is 4.22. The molecule has 0 aliphatic heterocycles. The van der Waals surface area contributed by atoms with E-state index in [2.05, 4.69) is 9.72 Å². The standard InChI is InChI=1S/C11H13N3O2/c1-16-11(15)4-5-14-7-13-9-6-8(12)2-3-10(9)14/h2-3,6-7H,4-5,12H2,1H3. The molecule has 0 atom stereocenters. The van der Waals surface area contributed by atoms with Crippen LogP contribution in [0.4, 0.5) is 5.69 Å². The fourth-order valence-corrected chi connectivity index (χ4v) is 1.57. The number of carbonyl (C=O) groups excluding carboxylic acids is 1. The molecule has 2 rings (SSSR count). The minimum absolute atomic E-state index is 0.225. The average Bonchev–Trinajstić information content (AvgIpc) is 2.68. The van der Waals surface area contributed by atoms with Crippen LogP contribution in [0.1, 0.15) is 6.42 Å². The zero-order chi connectivity index (χ0) is 11.5. The van der Waals surface area contributed by atoms with Gasteiger partial charge in [-0.05, 0) is 18.2 Å². The summed E-state index contributed by atoms with van der Waals surface area (Å²) < 4.78 is 6.50. The van der Waals surface area contributed by atoms with Crippen molar-refractivity contribution in [2.45, 2.75) is 13.0 Å². The lowest BCUT2D eigenvalue weighted by atomic mass is 10.3. The first-order valence-electron chi connectivity index (χ1n) is 4.98. The van der Waals surface area contributed by atoms with Crippen molar-refractivity contribution in [2.24, 2.45) is 0 Å². The Balaban J connectivity index is 2.22. The molecule has 0 saturated heterocycles. The number of rotatable bonds is 3. The summed E-state index contributed by atoms with van der Waals surface area (Å²) in [5, 5.41) is 0. The normalized spacial score (nSPS) is 10.6. The number of imidazole rings is 1. The second-order valence-corrected chi connectivity index (χ2v) is 3.51. The number of aryl methyl sites for hydroxylation is 1. The molecule has 0 aliphatic rings. The molecule has 0 saturated carbocycles. The Morgan fingerprint density at radius 3 is 3.12 bits per heavy atom. The third-order valence-corrected chi connectivity index (χ3v) is 2.43. The van der Waals surface area contributed by atoms with Crippen molar-refractivity contribution in [3.05, 3.63) is 24.5 Å². The van der Waals surface area contributed by atoms with Crippen LogP contribution >= 0.6 is 0 Å². The van der Waals surface area contributed by atoms with E-state index in [1.807, 2.05) is 22.8 Å². The van der Waals surface area contributed by atoms with Crippen LogP contribution in [0.15, 0.2) is 24.5 Å².